The zero-order chi connectivity index (χ0) is 9.10. The molecule has 1 aromatic carbocycles. The molecule has 0 saturated carbocycles. The molecule has 1 aromatic heterocycles. The Bertz CT molecular complexity index is 382. The molecule has 0 aliphatic rings. The van der Waals surface area contributed by atoms with E-state index < -0.39 is 0 Å². The smallest absolute Gasteiger partial charge is 0.138 e. The van der Waals surface area contributed by atoms with Gasteiger partial charge in [0.2, 0.25) is 0 Å². The summed E-state index contributed by atoms with van der Waals surface area (Å²) in [5, 5.41) is 7.34. The number of rotatable bonds is 1. The van der Waals surface area contributed by atoms with Gasteiger partial charge >= 0.3 is 0 Å². The summed E-state index contributed by atoms with van der Waals surface area (Å²) < 4.78 is 0. The van der Waals surface area contributed by atoms with Crippen molar-refractivity contribution < 1.29 is 0 Å². The minimum atomic E-state index is 0.741. The van der Waals surface area contributed by atoms with E-state index in [4.69, 9.17) is 5.73 Å². The molecule has 0 fully saturated rings. The maximum atomic E-state index is 5.56. The standard InChI is InChI=1S/C9H8N4/c10-8-3-1-7(2-4-8)9-5-12-13-6-11-9/h1-6H,10H2. The molecule has 4 heteroatoms. The van der Waals surface area contributed by atoms with Crippen LogP contribution in [-0.4, -0.2) is 15.2 Å². The third-order valence-corrected chi connectivity index (χ3v) is 1.70. The van der Waals surface area contributed by atoms with Crippen molar-refractivity contribution in [3.05, 3.63) is 36.8 Å². The topological polar surface area (TPSA) is 64.7 Å². The second kappa shape index (κ2) is 3.18. The number of nitrogens with zero attached hydrogens (tertiary/aromatic N) is 3. The first-order valence-electron chi connectivity index (χ1n) is 3.85. The number of hydrogen-bond donors (Lipinski definition) is 1. The van der Waals surface area contributed by atoms with Gasteiger partial charge in [-0.15, -0.1) is 5.10 Å². The predicted molar refractivity (Wildman–Crippen MR) is 49.7 cm³/mol. The average Bonchev–Trinajstić information content (AvgIpc) is 2.20. The highest BCUT2D eigenvalue weighted by atomic mass is 15.1. The number of aromatic nitrogens is 3. The van der Waals surface area contributed by atoms with Crippen LogP contribution in [0.3, 0.4) is 0 Å². The largest absolute Gasteiger partial charge is 0.399 e. The number of nitrogens with two attached hydrogens (primary N) is 1. The van der Waals surface area contributed by atoms with Gasteiger partial charge in [0.05, 0.1) is 11.9 Å². The Kier molecular flexibility index (Phi) is 1.88. The average molecular weight is 172 g/mol. The summed E-state index contributed by atoms with van der Waals surface area (Å²) in [6, 6.07) is 7.47. The summed E-state index contributed by atoms with van der Waals surface area (Å²) in [6.07, 6.45) is 3.04. The minimum Gasteiger partial charge on any atom is -0.399 e. The van der Waals surface area contributed by atoms with Crippen molar-refractivity contribution in [1.82, 2.24) is 15.2 Å². The van der Waals surface area contributed by atoms with Crippen molar-refractivity contribution in [3.8, 4) is 11.3 Å². The van der Waals surface area contributed by atoms with Crippen molar-refractivity contribution in [3.63, 3.8) is 0 Å². The highest BCUT2D eigenvalue weighted by Gasteiger charge is 1.97. The molecule has 0 radical (unpaired) electrons. The maximum Gasteiger partial charge on any atom is 0.138 e. The molecule has 0 saturated heterocycles. The van der Waals surface area contributed by atoms with E-state index in [-0.39, 0.29) is 0 Å². The fourth-order valence-electron chi connectivity index (χ4n) is 1.04. The summed E-state index contributed by atoms with van der Waals surface area (Å²) >= 11 is 0. The maximum absolute atomic E-state index is 5.56. The van der Waals surface area contributed by atoms with Crippen LogP contribution in [-0.2, 0) is 0 Å². The summed E-state index contributed by atoms with van der Waals surface area (Å²) in [5.74, 6) is 0. The first kappa shape index (κ1) is 7.67. The van der Waals surface area contributed by atoms with Gasteiger partial charge in [-0.05, 0) is 12.1 Å². The Morgan fingerprint density at radius 3 is 2.38 bits per heavy atom. The number of nitrogen functional groups attached to an aromatic ring is 1. The Morgan fingerprint density at radius 1 is 1.00 bits per heavy atom. The Hall–Kier alpha value is -1.97. The second-order valence-corrected chi connectivity index (χ2v) is 2.61. The fourth-order valence-corrected chi connectivity index (χ4v) is 1.04. The van der Waals surface area contributed by atoms with Crippen molar-refractivity contribution >= 4 is 5.69 Å². The van der Waals surface area contributed by atoms with Gasteiger partial charge < -0.3 is 5.73 Å². The molecular formula is C9H8N4. The van der Waals surface area contributed by atoms with Crippen molar-refractivity contribution in [2.45, 2.75) is 0 Å². The predicted octanol–water partition coefficient (Wildman–Crippen LogP) is 1.12. The molecule has 0 aliphatic heterocycles. The van der Waals surface area contributed by atoms with Crippen molar-refractivity contribution in [1.29, 1.82) is 0 Å². The Balaban J connectivity index is 2.42. The highest BCUT2D eigenvalue weighted by Crippen LogP contribution is 2.15. The summed E-state index contributed by atoms with van der Waals surface area (Å²) in [5.41, 5.74) is 8.09. The monoisotopic (exact) mass is 172 g/mol. The normalized spacial score (nSPS) is 9.85. The van der Waals surface area contributed by atoms with Crippen LogP contribution >= 0.6 is 0 Å². The quantitative estimate of drug-likeness (QED) is 0.654. The Morgan fingerprint density at radius 2 is 1.77 bits per heavy atom. The second-order valence-electron chi connectivity index (χ2n) is 2.61. The lowest BCUT2D eigenvalue weighted by Gasteiger charge is -1.98. The molecule has 4 nitrogen and oxygen atoms in total. The van der Waals surface area contributed by atoms with Gasteiger partial charge in [0.25, 0.3) is 0 Å². The molecule has 2 rings (SSSR count). The highest BCUT2D eigenvalue weighted by molar-refractivity contribution is 5.60. The number of hydrogen-bond acceptors (Lipinski definition) is 4. The van der Waals surface area contributed by atoms with E-state index in [0.717, 1.165) is 16.9 Å². The van der Waals surface area contributed by atoms with E-state index in [2.05, 4.69) is 15.2 Å². The van der Waals surface area contributed by atoms with Crippen LogP contribution in [0.15, 0.2) is 36.8 Å². The van der Waals surface area contributed by atoms with Gasteiger partial charge in [-0.3, -0.25) is 0 Å². The lowest BCUT2D eigenvalue weighted by Crippen LogP contribution is -1.88. The first-order chi connectivity index (χ1) is 6.36. The SMILES string of the molecule is Nc1ccc(-c2cnncn2)cc1. The summed E-state index contributed by atoms with van der Waals surface area (Å²) in [7, 11) is 0. The zero-order valence-corrected chi connectivity index (χ0v) is 6.88. The van der Waals surface area contributed by atoms with E-state index in [1.807, 2.05) is 24.3 Å². The molecule has 0 amide bonds. The number of benzene rings is 1. The molecule has 64 valence electrons. The van der Waals surface area contributed by atoms with E-state index in [9.17, 15) is 0 Å². The van der Waals surface area contributed by atoms with Crippen LogP contribution in [0.5, 0.6) is 0 Å². The molecule has 13 heavy (non-hydrogen) atoms. The molecule has 0 aliphatic carbocycles. The molecule has 0 spiro atoms. The van der Waals surface area contributed by atoms with Gasteiger partial charge in [-0.25, -0.2) is 4.98 Å². The Labute approximate surface area is 75.5 Å². The molecule has 0 unspecified atom stereocenters. The van der Waals surface area contributed by atoms with E-state index in [1.165, 1.54) is 6.33 Å². The summed E-state index contributed by atoms with van der Waals surface area (Å²) in [6.45, 7) is 0. The first-order valence-corrected chi connectivity index (χ1v) is 3.85. The van der Waals surface area contributed by atoms with Crippen LogP contribution < -0.4 is 5.73 Å². The van der Waals surface area contributed by atoms with E-state index >= 15 is 0 Å². The van der Waals surface area contributed by atoms with Crippen molar-refractivity contribution in [2.24, 2.45) is 0 Å². The summed E-state index contributed by atoms with van der Waals surface area (Å²) in [4.78, 5) is 4.06. The third-order valence-electron chi connectivity index (χ3n) is 1.70. The van der Waals surface area contributed by atoms with Crippen molar-refractivity contribution in [2.75, 3.05) is 5.73 Å². The molecule has 2 N–H and O–H groups in total. The van der Waals surface area contributed by atoms with Crippen LogP contribution in [0.4, 0.5) is 5.69 Å². The fraction of sp³-hybridized carbons (Fsp3) is 0. The van der Waals surface area contributed by atoms with E-state index in [0.29, 0.717) is 0 Å². The van der Waals surface area contributed by atoms with E-state index in [1.54, 1.807) is 6.20 Å². The molecule has 1 heterocycles. The number of anilines is 1. The van der Waals surface area contributed by atoms with Gasteiger partial charge in [0, 0.05) is 11.3 Å². The van der Waals surface area contributed by atoms with Crippen LogP contribution in [0.2, 0.25) is 0 Å². The molecule has 0 bridgehead atoms. The molecule has 0 atom stereocenters. The lowest BCUT2D eigenvalue weighted by molar-refractivity contribution is 0.974. The minimum absolute atomic E-state index is 0.741. The molecular weight excluding hydrogens is 164 g/mol. The van der Waals surface area contributed by atoms with Gasteiger partial charge in [-0.1, -0.05) is 12.1 Å². The van der Waals surface area contributed by atoms with Gasteiger partial charge in [0.15, 0.2) is 0 Å². The van der Waals surface area contributed by atoms with Gasteiger partial charge in [-0.2, -0.15) is 5.10 Å². The third kappa shape index (κ3) is 1.61. The molecule has 2 aromatic rings. The van der Waals surface area contributed by atoms with Gasteiger partial charge in [0.1, 0.15) is 6.33 Å². The van der Waals surface area contributed by atoms with Crippen LogP contribution in [0.1, 0.15) is 0 Å². The zero-order valence-electron chi connectivity index (χ0n) is 6.88. The van der Waals surface area contributed by atoms with Crippen LogP contribution in [0, 0.1) is 0 Å². The van der Waals surface area contributed by atoms with Crippen LogP contribution in [0.25, 0.3) is 11.3 Å². The lowest BCUT2D eigenvalue weighted by atomic mass is 10.1.